The molecule has 1 unspecified atom stereocenters. The van der Waals surface area contributed by atoms with Crippen LogP contribution in [0, 0.1) is 5.82 Å². The number of benzene rings is 2. The molecule has 25 heavy (non-hydrogen) atoms. The molecular formula is C18H17F4NO2. The first-order chi connectivity index (χ1) is 11.8. The van der Waals surface area contributed by atoms with E-state index in [-0.39, 0.29) is 12.2 Å². The van der Waals surface area contributed by atoms with Gasteiger partial charge in [0, 0.05) is 11.6 Å². The van der Waals surface area contributed by atoms with Gasteiger partial charge in [-0.1, -0.05) is 30.3 Å². The number of carbonyl (C=O) groups excluding carboxylic acids is 1. The number of rotatable bonds is 6. The Kier molecular flexibility index (Phi) is 6.14. The van der Waals surface area contributed by atoms with Crippen molar-refractivity contribution in [3.8, 4) is 0 Å². The Morgan fingerprint density at radius 2 is 1.84 bits per heavy atom. The van der Waals surface area contributed by atoms with Gasteiger partial charge >= 0.3 is 6.18 Å². The number of alkyl halides is 3. The molecule has 0 fully saturated rings. The van der Waals surface area contributed by atoms with Crippen molar-refractivity contribution in [3.05, 3.63) is 71.0 Å². The number of halogens is 4. The standard InChI is InChI=1S/C18H17F4NO2/c1-12(10-25-11-13-5-3-2-4-6-13)23-17(24)14-7-15(18(20,21)22)9-16(19)8-14/h2-9,12H,10-11H2,1H3,(H,23,24). The predicted octanol–water partition coefficient (Wildman–Crippen LogP) is 4.18. The van der Waals surface area contributed by atoms with Crippen molar-refractivity contribution in [2.45, 2.75) is 25.7 Å². The molecule has 3 nitrogen and oxygen atoms in total. The summed E-state index contributed by atoms with van der Waals surface area (Å²) < 4.78 is 56.8. The average molecular weight is 355 g/mol. The third-order valence-corrected chi connectivity index (χ3v) is 3.34. The maximum atomic E-state index is 13.3. The first kappa shape index (κ1) is 18.9. The van der Waals surface area contributed by atoms with Crippen LogP contribution in [0.25, 0.3) is 0 Å². The van der Waals surface area contributed by atoms with E-state index in [9.17, 15) is 22.4 Å². The van der Waals surface area contributed by atoms with Gasteiger partial charge in [-0.05, 0) is 30.7 Å². The van der Waals surface area contributed by atoms with Crippen LogP contribution in [-0.4, -0.2) is 18.6 Å². The Morgan fingerprint density at radius 3 is 2.48 bits per heavy atom. The molecule has 2 aromatic rings. The summed E-state index contributed by atoms with van der Waals surface area (Å²) in [6.07, 6.45) is -4.72. The van der Waals surface area contributed by atoms with Gasteiger partial charge < -0.3 is 10.1 Å². The number of nitrogens with one attached hydrogen (secondary N) is 1. The van der Waals surface area contributed by atoms with E-state index in [1.54, 1.807) is 6.92 Å². The molecule has 0 bridgehead atoms. The van der Waals surface area contributed by atoms with Crippen LogP contribution >= 0.6 is 0 Å². The van der Waals surface area contributed by atoms with E-state index in [4.69, 9.17) is 4.74 Å². The molecule has 0 aliphatic rings. The highest BCUT2D eigenvalue weighted by molar-refractivity contribution is 5.94. The third-order valence-electron chi connectivity index (χ3n) is 3.34. The van der Waals surface area contributed by atoms with Crippen LogP contribution in [-0.2, 0) is 17.5 Å². The van der Waals surface area contributed by atoms with Gasteiger partial charge in [0.15, 0.2) is 0 Å². The summed E-state index contributed by atoms with van der Waals surface area (Å²) in [6.45, 7) is 2.16. The Labute approximate surface area is 142 Å². The number of hydrogen-bond acceptors (Lipinski definition) is 2. The molecule has 1 N–H and O–H groups in total. The topological polar surface area (TPSA) is 38.3 Å². The molecule has 1 amide bonds. The normalized spacial score (nSPS) is 12.7. The van der Waals surface area contributed by atoms with E-state index in [0.29, 0.717) is 18.7 Å². The zero-order valence-corrected chi connectivity index (χ0v) is 13.4. The van der Waals surface area contributed by atoms with E-state index in [2.05, 4.69) is 5.32 Å². The van der Waals surface area contributed by atoms with Crippen molar-refractivity contribution in [3.63, 3.8) is 0 Å². The molecule has 2 aromatic carbocycles. The Morgan fingerprint density at radius 1 is 1.16 bits per heavy atom. The zero-order valence-electron chi connectivity index (χ0n) is 13.4. The van der Waals surface area contributed by atoms with Crippen molar-refractivity contribution < 1.29 is 27.1 Å². The van der Waals surface area contributed by atoms with Crippen molar-refractivity contribution in [2.75, 3.05) is 6.61 Å². The first-order valence-corrected chi connectivity index (χ1v) is 7.56. The Balaban J connectivity index is 1.91. The Hall–Kier alpha value is -2.41. The monoisotopic (exact) mass is 355 g/mol. The van der Waals surface area contributed by atoms with Gasteiger partial charge in [-0.25, -0.2) is 4.39 Å². The fourth-order valence-corrected chi connectivity index (χ4v) is 2.16. The molecule has 0 aromatic heterocycles. The van der Waals surface area contributed by atoms with Gasteiger partial charge in [0.25, 0.3) is 5.91 Å². The smallest absolute Gasteiger partial charge is 0.375 e. The van der Waals surface area contributed by atoms with E-state index in [1.165, 1.54) is 0 Å². The largest absolute Gasteiger partial charge is 0.416 e. The lowest BCUT2D eigenvalue weighted by molar-refractivity contribution is -0.137. The maximum absolute atomic E-state index is 13.3. The SMILES string of the molecule is CC(COCc1ccccc1)NC(=O)c1cc(F)cc(C(F)(F)F)c1. The summed E-state index contributed by atoms with van der Waals surface area (Å²) in [5, 5.41) is 2.49. The van der Waals surface area contributed by atoms with Crippen LogP contribution in [0.15, 0.2) is 48.5 Å². The average Bonchev–Trinajstić information content (AvgIpc) is 2.54. The van der Waals surface area contributed by atoms with Crippen molar-refractivity contribution in [2.24, 2.45) is 0 Å². The molecule has 7 heteroatoms. The number of carbonyl (C=O) groups is 1. The highest BCUT2D eigenvalue weighted by Crippen LogP contribution is 2.30. The molecule has 0 heterocycles. The lowest BCUT2D eigenvalue weighted by Gasteiger charge is -2.15. The Bertz CT molecular complexity index is 717. The van der Waals surface area contributed by atoms with Crippen LogP contribution in [0.2, 0.25) is 0 Å². The molecule has 134 valence electrons. The van der Waals surface area contributed by atoms with Crippen LogP contribution in [0.1, 0.15) is 28.4 Å². The molecule has 0 spiro atoms. The molecule has 0 saturated heterocycles. The molecule has 0 aliphatic heterocycles. The van der Waals surface area contributed by atoms with Crippen molar-refractivity contribution in [1.29, 1.82) is 0 Å². The van der Waals surface area contributed by atoms with Gasteiger partial charge in [0.1, 0.15) is 5.82 Å². The zero-order chi connectivity index (χ0) is 18.4. The molecule has 2 rings (SSSR count). The summed E-state index contributed by atoms with van der Waals surface area (Å²) in [7, 11) is 0. The van der Waals surface area contributed by atoms with E-state index in [0.717, 1.165) is 11.6 Å². The fourth-order valence-electron chi connectivity index (χ4n) is 2.16. The summed E-state index contributed by atoms with van der Waals surface area (Å²) in [5.41, 5.74) is -0.631. The van der Waals surface area contributed by atoms with Crippen LogP contribution < -0.4 is 5.32 Å². The van der Waals surface area contributed by atoms with E-state index < -0.39 is 29.5 Å². The summed E-state index contributed by atoms with van der Waals surface area (Å²) >= 11 is 0. The van der Waals surface area contributed by atoms with E-state index >= 15 is 0 Å². The van der Waals surface area contributed by atoms with Gasteiger partial charge in [-0.2, -0.15) is 13.2 Å². The minimum atomic E-state index is -4.72. The molecule has 0 saturated carbocycles. The minimum Gasteiger partial charge on any atom is -0.375 e. The molecule has 0 aliphatic carbocycles. The number of amides is 1. The van der Waals surface area contributed by atoms with Gasteiger partial charge in [-0.15, -0.1) is 0 Å². The lowest BCUT2D eigenvalue weighted by Crippen LogP contribution is -2.36. The second-order valence-electron chi connectivity index (χ2n) is 5.60. The van der Waals surface area contributed by atoms with Gasteiger partial charge in [0.05, 0.1) is 18.8 Å². The minimum absolute atomic E-state index is 0.169. The summed E-state index contributed by atoms with van der Waals surface area (Å²) in [6, 6.07) is 10.7. The fraction of sp³-hybridized carbons (Fsp3) is 0.278. The first-order valence-electron chi connectivity index (χ1n) is 7.56. The van der Waals surface area contributed by atoms with Gasteiger partial charge in [0.2, 0.25) is 0 Å². The highest BCUT2D eigenvalue weighted by Gasteiger charge is 2.32. The second kappa shape index (κ2) is 8.11. The summed E-state index contributed by atoms with van der Waals surface area (Å²) in [4.78, 5) is 12.0. The molecular weight excluding hydrogens is 338 g/mol. The third kappa shape index (κ3) is 5.86. The van der Waals surface area contributed by atoms with E-state index in [1.807, 2.05) is 30.3 Å². The molecule has 0 radical (unpaired) electrons. The predicted molar refractivity (Wildman–Crippen MR) is 84.4 cm³/mol. The van der Waals surface area contributed by atoms with Crippen LogP contribution in [0.4, 0.5) is 17.6 Å². The molecule has 1 atom stereocenters. The van der Waals surface area contributed by atoms with Gasteiger partial charge in [-0.3, -0.25) is 4.79 Å². The quantitative estimate of drug-likeness (QED) is 0.790. The highest BCUT2D eigenvalue weighted by atomic mass is 19.4. The number of hydrogen-bond donors (Lipinski definition) is 1. The number of ether oxygens (including phenoxy) is 1. The van der Waals surface area contributed by atoms with Crippen LogP contribution in [0.3, 0.4) is 0 Å². The maximum Gasteiger partial charge on any atom is 0.416 e. The summed E-state index contributed by atoms with van der Waals surface area (Å²) in [5.74, 6) is -1.91. The van der Waals surface area contributed by atoms with Crippen LogP contribution in [0.5, 0.6) is 0 Å². The second-order valence-corrected chi connectivity index (χ2v) is 5.60. The van der Waals surface area contributed by atoms with Crippen molar-refractivity contribution in [1.82, 2.24) is 5.32 Å². The lowest BCUT2D eigenvalue weighted by atomic mass is 10.1. The van der Waals surface area contributed by atoms with Crippen molar-refractivity contribution >= 4 is 5.91 Å².